The highest BCUT2D eigenvalue weighted by molar-refractivity contribution is 6.21. The van der Waals surface area contributed by atoms with Gasteiger partial charge in [0.2, 0.25) is 5.91 Å². The molecule has 5 atom stereocenters. The van der Waals surface area contributed by atoms with Crippen LogP contribution in [0.1, 0.15) is 47.1 Å². The Hall–Kier alpha value is -3.31. The fourth-order valence-corrected chi connectivity index (χ4v) is 5.05. The number of hydrogen-bond acceptors (Lipinski definition) is 8. The lowest BCUT2D eigenvalue weighted by molar-refractivity contribution is -0.256. The molecule has 2 aromatic carbocycles. The highest BCUT2D eigenvalue weighted by Crippen LogP contribution is 2.41. The van der Waals surface area contributed by atoms with Crippen LogP contribution in [0.5, 0.6) is 5.75 Å². The first-order valence-corrected chi connectivity index (χ1v) is 12.2. The summed E-state index contributed by atoms with van der Waals surface area (Å²) in [5, 5.41) is 2.76. The van der Waals surface area contributed by atoms with Gasteiger partial charge in [0.15, 0.2) is 12.1 Å². The van der Waals surface area contributed by atoms with Crippen LogP contribution in [0.15, 0.2) is 48.5 Å². The van der Waals surface area contributed by atoms with Crippen molar-refractivity contribution in [2.45, 2.75) is 63.8 Å². The molecule has 10 nitrogen and oxygen atoms in total. The van der Waals surface area contributed by atoms with E-state index in [4.69, 9.17) is 23.7 Å². The molecule has 3 aliphatic heterocycles. The summed E-state index contributed by atoms with van der Waals surface area (Å²) in [5.74, 6) is -1.41. The lowest BCUT2D eigenvalue weighted by Crippen LogP contribution is -2.65. The van der Waals surface area contributed by atoms with Crippen LogP contribution in [-0.4, -0.2) is 72.7 Å². The monoisotopic (exact) mass is 510 g/mol. The third-order valence-electron chi connectivity index (χ3n) is 6.70. The summed E-state index contributed by atoms with van der Waals surface area (Å²) in [6, 6.07) is 13.1. The fraction of sp³-hybridized carbons (Fsp3) is 0.444. The van der Waals surface area contributed by atoms with Crippen molar-refractivity contribution in [3.8, 4) is 5.75 Å². The Morgan fingerprint density at radius 1 is 1.00 bits per heavy atom. The smallest absolute Gasteiger partial charge is 0.262 e. The van der Waals surface area contributed by atoms with Gasteiger partial charge in [0.05, 0.1) is 24.8 Å². The van der Waals surface area contributed by atoms with Gasteiger partial charge in [-0.15, -0.1) is 0 Å². The molecule has 0 radical (unpaired) electrons. The van der Waals surface area contributed by atoms with E-state index in [-0.39, 0.29) is 19.1 Å². The topological polar surface area (TPSA) is 113 Å². The number of methoxy groups -OCH3 is 1. The molecule has 3 amide bonds. The van der Waals surface area contributed by atoms with E-state index in [0.29, 0.717) is 16.9 Å². The van der Waals surface area contributed by atoms with E-state index in [1.807, 2.05) is 24.3 Å². The number of carbonyl (C=O) groups is 3. The molecule has 1 unspecified atom stereocenters. The van der Waals surface area contributed by atoms with Crippen LogP contribution in [0.2, 0.25) is 0 Å². The molecule has 3 aliphatic rings. The zero-order valence-corrected chi connectivity index (χ0v) is 21.1. The van der Waals surface area contributed by atoms with Gasteiger partial charge in [-0.05, 0) is 43.7 Å². The first-order valence-electron chi connectivity index (χ1n) is 12.2. The van der Waals surface area contributed by atoms with Gasteiger partial charge >= 0.3 is 0 Å². The number of hydrogen-bond donors (Lipinski definition) is 1. The van der Waals surface area contributed by atoms with Crippen LogP contribution in [0.25, 0.3) is 0 Å². The largest absolute Gasteiger partial charge is 0.497 e. The van der Waals surface area contributed by atoms with Crippen molar-refractivity contribution >= 4 is 17.7 Å². The number of benzene rings is 2. The van der Waals surface area contributed by atoms with Crippen molar-refractivity contribution in [3.05, 3.63) is 65.2 Å². The van der Waals surface area contributed by atoms with E-state index in [9.17, 15) is 14.4 Å². The van der Waals surface area contributed by atoms with Crippen molar-refractivity contribution in [1.29, 1.82) is 0 Å². The first kappa shape index (κ1) is 25.3. The van der Waals surface area contributed by atoms with E-state index in [1.165, 1.54) is 11.8 Å². The van der Waals surface area contributed by atoms with Gasteiger partial charge in [0.1, 0.15) is 30.1 Å². The van der Waals surface area contributed by atoms with E-state index in [2.05, 4.69) is 5.32 Å². The molecule has 3 heterocycles. The molecular weight excluding hydrogens is 480 g/mol. The zero-order valence-electron chi connectivity index (χ0n) is 21.1. The van der Waals surface area contributed by atoms with Crippen LogP contribution >= 0.6 is 0 Å². The molecule has 0 bridgehead atoms. The van der Waals surface area contributed by atoms with E-state index in [0.717, 1.165) is 5.56 Å². The van der Waals surface area contributed by atoms with Gasteiger partial charge in [0, 0.05) is 13.5 Å². The molecule has 0 aromatic heterocycles. The molecule has 37 heavy (non-hydrogen) atoms. The van der Waals surface area contributed by atoms with Crippen LogP contribution in [0.3, 0.4) is 0 Å². The number of ether oxygens (including phenoxy) is 5. The van der Waals surface area contributed by atoms with Crippen molar-refractivity contribution < 1.29 is 38.1 Å². The van der Waals surface area contributed by atoms with Gasteiger partial charge in [0.25, 0.3) is 11.8 Å². The number of nitrogens with zero attached hydrogens (tertiary/aromatic N) is 1. The average molecular weight is 511 g/mol. The standard InChI is InChI=1S/C27H30N2O8/c1-15(30)28-13-20-22-23(37-27(2,3)36-22)21(29-24(31)18-7-5-6-8-19(18)25(29)32)26(35-20)34-14-16-9-11-17(33-4)12-10-16/h5-12,20-23,26H,13-14H2,1-4H3,(H,28,30)/t20-,21-,22+,23-,26?/m1/s1. The first-order chi connectivity index (χ1) is 17.7. The number of imide groups is 1. The van der Waals surface area contributed by atoms with Crippen molar-refractivity contribution in [1.82, 2.24) is 10.2 Å². The molecule has 196 valence electrons. The Morgan fingerprint density at radius 2 is 1.62 bits per heavy atom. The maximum absolute atomic E-state index is 13.5. The van der Waals surface area contributed by atoms with Gasteiger partial charge in [-0.1, -0.05) is 24.3 Å². The van der Waals surface area contributed by atoms with Crippen LogP contribution in [0, 0.1) is 0 Å². The third-order valence-corrected chi connectivity index (χ3v) is 6.70. The van der Waals surface area contributed by atoms with E-state index in [1.54, 1.807) is 45.2 Å². The third kappa shape index (κ3) is 4.85. The van der Waals surface area contributed by atoms with Crippen LogP contribution in [0.4, 0.5) is 0 Å². The summed E-state index contributed by atoms with van der Waals surface area (Å²) in [6.45, 7) is 5.21. The Balaban J connectivity index is 1.48. The van der Waals surface area contributed by atoms with Crippen molar-refractivity contribution in [3.63, 3.8) is 0 Å². The molecule has 1 N–H and O–H groups in total. The van der Waals surface area contributed by atoms with E-state index >= 15 is 0 Å². The molecule has 0 saturated carbocycles. The van der Waals surface area contributed by atoms with Gasteiger partial charge in [-0.2, -0.15) is 0 Å². The second-order valence-corrected chi connectivity index (χ2v) is 9.72. The SMILES string of the molecule is COc1ccc(COC2O[C@H](CNC(C)=O)[C@@H]3OC(C)(C)O[C@@H]3[C@H]2N2C(=O)c3ccccc3C2=O)cc1. The minimum Gasteiger partial charge on any atom is -0.497 e. The Morgan fingerprint density at radius 3 is 2.22 bits per heavy atom. The van der Waals surface area contributed by atoms with Crippen LogP contribution in [-0.2, 0) is 30.3 Å². The summed E-state index contributed by atoms with van der Waals surface area (Å²) in [6.07, 6.45) is -3.08. The molecule has 5 rings (SSSR count). The Labute approximate surface area is 214 Å². The minimum atomic E-state index is -1.04. The van der Waals surface area contributed by atoms with Gasteiger partial charge in [-0.25, -0.2) is 0 Å². The number of nitrogens with one attached hydrogen (secondary N) is 1. The second-order valence-electron chi connectivity index (χ2n) is 9.72. The summed E-state index contributed by atoms with van der Waals surface area (Å²) in [7, 11) is 1.59. The Bertz CT molecular complexity index is 1160. The van der Waals surface area contributed by atoms with Gasteiger partial charge < -0.3 is 29.0 Å². The fourth-order valence-electron chi connectivity index (χ4n) is 5.05. The van der Waals surface area contributed by atoms with Crippen molar-refractivity contribution in [2.75, 3.05) is 13.7 Å². The quantitative estimate of drug-likeness (QED) is 0.565. The molecule has 2 fully saturated rings. The summed E-state index contributed by atoms with van der Waals surface area (Å²) in [5.41, 5.74) is 1.47. The predicted molar refractivity (Wildman–Crippen MR) is 130 cm³/mol. The normalized spacial score (nSPS) is 28.1. The number of carbonyl (C=O) groups excluding carboxylic acids is 3. The molecule has 2 saturated heterocycles. The summed E-state index contributed by atoms with van der Waals surface area (Å²) in [4.78, 5) is 39.8. The zero-order chi connectivity index (χ0) is 26.3. The molecule has 0 aliphatic carbocycles. The second kappa shape index (κ2) is 9.86. The molecule has 2 aromatic rings. The minimum absolute atomic E-state index is 0.142. The summed E-state index contributed by atoms with van der Waals surface area (Å²) < 4.78 is 30.2. The van der Waals surface area contributed by atoms with Gasteiger partial charge in [-0.3, -0.25) is 19.3 Å². The van der Waals surface area contributed by atoms with Crippen LogP contribution < -0.4 is 10.1 Å². The maximum atomic E-state index is 13.5. The molecule has 0 spiro atoms. The number of rotatable bonds is 7. The van der Waals surface area contributed by atoms with E-state index < -0.39 is 48.2 Å². The highest BCUT2D eigenvalue weighted by Gasteiger charge is 2.60. The van der Waals surface area contributed by atoms with Crippen molar-refractivity contribution in [2.24, 2.45) is 0 Å². The maximum Gasteiger partial charge on any atom is 0.262 e. The number of amides is 3. The average Bonchev–Trinajstić information content (AvgIpc) is 3.34. The summed E-state index contributed by atoms with van der Waals surface area (Å²) >= 11 is 0. The highest BCUT2D eigenvalue weighted by atomic mass is 16.8. The number of fused-ring (bicyclic) bond motifs is 2. The predicted octanol–water partition coefficient (Wildman–Crippen LogP) is 2.26. The Kier molecular flexibility index (Phi) is 6.76. The lowest BCUT2D eigenvalue weighted by atomic mass is 9.95. The lowest BCUT2D eigenvalue weighted by Gasteiger charge is -2.44. The molecular formula is C27H30N2O8. The molecule has 10 heteroatoms.